The van der Waals surface area contributed by atoms with E-state index in [1.54, 1.807) is 12.1 Å². The van der Waals surface area contributed by atoms with Crippen molar-refractivity contribution in [3.63, 3.8) is 0 Å². The van der Waals surface area contributed by atoms with Gasteiger partial charge in [-0.05, 0) is 48.6 Å². The Bertz CT molecular complexity index is 1080. The van der Waals surface area contributed by atoms with Gasteiger partial charge in [-0.15, -0.1) is 0 Å². The summed E-state index contributed by atoms with van der Waals surface area (Å²) in [7, 11) is -3.64. The van der Waals surface area contributed by atoms with Crippen molar-refractivity contribution in [3.05, 3.63) is 64.7 Å². The van der Waals surface area contributed by atoms with Crippen LogP contribution in [0.25, 0.3) is 0 Å². The molecule has 1 heterocycles. The number of benzene rings is 2. The first-order chi connectivity index (χ1) is 14.7. The molecule has 1 N–H and O–H groups in total. The minimum Gasteiger partial charge on any atom is -0.350 e. The first-order valence-electron chi connectivity index (χ1n) is 10.3. The lowest BCUT2D eigenvalue weighted by atomic mass is 10.1. The third kappa shape index (κ3) is 5.64. The number of amides is 2. The standard InChI is InChI=1S/C23H29N3O4S/c1-17-8-6-11-21(18(17)2)26(31(3,29)30)16-22(27)24-14-19-9-4-5-10-20(19)15-25-13-7-12-23(25)28/h4-6,8-11H,7,12-16H2,1-3H3,(H,24,27). The van der Waals surface area contributed by atoms with E-state index in [-0.39, 0.29) is 19.0 Å². The number of carbonyl (C=O) groups is 2. The molecule has 2 aromatic carbocycles. The minimum absolute atomic E-state index is 0.149. The van der Waals surface area contributed by atoms with Crippen LogP contribution in [0.15, 0.2) is 42.5 Å². The number of nitrogens with one attached hydrogen (secondary N) is 1. The highest BCUT2D eigenvalue weighted by molar-refractivity contribution is 7.92. The molecule has 0 unspecified atom stereocenters. The Morgan fingerprint density at radius 1 is 1.10 bits per heavy atom. The number of aryl methyl sites for hydroxylation is 1. The van der Waals surface area contributed by atoms with Gasteiger partial charge in [-0.25, -0.2) is 8.42 Å². The summed E-state index contributed by atoms with van der Waals surface area (Å²) in [6.07, 6.45) is 2.56. The van der Waals surface area contributed by atoms with Crippen molar-refractivity contribution in [2.24, 2.45) is 0 Å². The summed E-state index contributed by atoms with van der Waals surface area (Å²) in [5, 5.41) is 2.83. The fraction of sp³-hybridized carbons (Fsp3) is 0.391. The van der Waals surface area contributed by atoms with Gasteiger partial charge in [0.2, 0.25) is 21.8 Å². The molecule has 1 saturated heterocycles. The molecule has 31 heavy (non-hydrogen) atoms. The Labute approximate surface area is 184 Å². The molecule has 0 radical (unpaired) electrons. The highest BCUT2D eigenvalue weighted by atomic mass is 32.2. The van der Waals surface area contributed by atoms with E-state index in [0.29, 0.717) is 18.7 Å². The second-order valence-electron chi connectivity index (χ2n) is 7.95. The molecule has 0 aliphatic carbocycles. The molecule has 7 nitrogen and oxygen atoms in total. The van der Waals surface area contributed by atoms with E-state index in [2.05, 4.69) is 5.32 Å². The summed E-state index contributed by atoms with van der Waals surface area (Å²) in [4.78, 5) is 26.4. The summed E-state index contributed by atoms with van der Waals surface area (Å²) in [6, 6.07) is 13.0. The molecular weight excluding hydrogens is 414 g/mol. The van der Waals surface area contributed by atoms with Crippen LogP contribution in [0.5, 0.6) is 0 Å². The second kappa shape index (κ2) is 9.51. The molecule has 0 bridgehead atoms. The molecule has 8 heteroatoms. The van der Waals surface area contributed by atoms with Gasteiger partial charge in [-0.2, -0.15) is 0 Å². The van der Waals surface area contributed by atoms with E-state index in [9.17, 15) is 18.0 Å². The van der Waals surface area contributed by atoms with Crippen LogP contribution >= 0.6 is 0 Å². The van der Waals surface area contributed by atoms with E-state index in [0.717, 1.165) is 45.8 Å². The quantitative estimate of drug-likeness (QED) is 0.679. The van der Waals surface area contributed by atoms with Gasteiger partial charge in [0.05, 0.1) is 11.9 Å². The Balaban J connectivity index is 1.70. The third-order valence-electron chi connectivity index (χ3n) is 5.66. The van der Waals surface area contributed by atoms with Crippen LogP contribution in [0.1, 0.15) is 35.1 Å². The largest absolute Gasteiger partial charge is 0.350 e. The smallest absolute Gasteiger partial charge is 0.241 e. The zero-order valence-electron chi connectivity index (χ0n) is 18.2. The number of nitrogens with zero attached hydrogens (tertiary/aromatic N) is 2. The Hall–Kier alpha value is -2.87. The van der Waals surface area contributed by atoms with E-state index < -0.39 is 15.9 Å². The minimum atomic E-state index is -3.64. The number of hydrogen-bond acceptors (Lipinski definition) is 4. The molecule has 0 aromatic heterocycles. The Morgan fingerprint density at radius 2 is 1.81 bits per heavy atom. The van der Waals surface area contributed by atoms with Crippen molar-refractivity contribution >= 4 is 27.5 Å². The van der Waals surface area contributed by atoms with Gasteiger partial charge in [0.15, 0.2) is 0 Å². The highest BCUT2D eigenvalue weighted by Crippen LogP contribution is 2.24. The first-order valence-corrected chi connectivity index (χ1v) is 12.2. The van der Waals surface area contributed by atoms with Crippen molar-refractivity contribution in [1.29, 1.82) is 0 Å². The fourth-order valence-corrected chi connectivity index (χ4v) is 4.63. The Kier molecular flexibility index (Phi) is 7.00. The number of sulfonamides is 1. The predicted octanol–water partition coefficient (Wildman–Crippen LogP) is 2.51. The summed E-state index contributed by atoms with van der Waals surface area (Å²) >= 11 is 0. The fourth-order valence-electron chi connectivity index (χ4n) is 3.73. The van der Waals surface area contributed by atoms with Crippen LogP contribution < -0.4 is 9.62 Å². The van der Waals surface area contributed by atoms with Gasteiger partial charge in [-0.3, -0.25) is 13.9 Å². The van der Waals surface area contributed by atoms with Crippen LogP contribution in [-0.2, 0) is 32.7 Å². The zero-order valence-corrected chi connectivity index (χ0v) is 19.0. The summed E-state index contributed by atoms with van der Waals surface area (Å²) < 4.78 is 25.9. The summed E-state index contributed by atoms with van der Waals surface area (Å²) in [5.41, 5.74) is 4.17. The second-order valence-corrected chi connectivity index (χ2v) is 9.86. The third-order valence-corrected chi connectivity index (χ3v) is 6.79. The van der Waals surface area contributed by atoms with Gasteiger partial charge < -0.3 is 10.2 Å². The number of rotatable bonds is 8. The number of anilines is 1. The molecule has 0 spiro atoms. The van der Waals surface area contributed by atoms with Gasteiger partial charge in [0.1, 0.15) is 6.54 Å². The Morgan fingerprint density at radius 3 is 2.45 bits per heavy atom. The van der Waals surface area contributed by atoms with Gasteiger partial charge in [-0.1, -0.05) is 36.4 Å². The first kappa shape index (κ1) is 22.8. The maximum absolute atomic E-state index is 12.7. The molecular formula is C23H29N3O4S. The monoisotopic (exact) mass is 443 g/mol. The van der Waals surface area contributed by atoms with Crippen LogP contribution in [-0.4, -0.2) is 44.5 Å². The normalized spacial score (nSPS) is 14.0. The van der Waals surface area contributed by atoms with Crippen molar-refractivity contribution in [2.75, 3.05) is 23.7 Å². The highest BCUT2D eigenvalue weighted by Gasteiger charge is 2.23. The van der Waals surface area contributed by atoms with Crippen molar-refractivity contribution < 1.29 is 18.0 Å². The van der Waals surface area contributed by atoms with E-state index in [1.165, 1.54) is 0 Å². The molecule has 3 rings (SSSR count). The van der Waals surface area contributed by atoms with E-state index in [1.807, 2.05) is 49.1 Å². The van der Waals surface area contributed by atoms with Gasteiger partial charge in [0.25, 0.3) is 0 Å². The van der Waals surface area contributed by atoms with Crippen molar-refractivity contribution in [1.82, 2.24) is 10.2 Å². The predicted molar refractivity (Wildman–Crippen MR) is 121 cm³/mol. The van der Waals surface area contributed by atoms with Crippen LogP contribution in [0, 0.1) is 13.8 Å². The zero-order chi connectivity index (χ0) is 22.6. The summed E-state index contributed by atoms with van der Waals surface area (Å²) in [5.74, 6) is -0.241. The van der Waals surface area contributed by atoms with Gasteiger partial charge in [0, 0.05) is 26.1 Å². The molecule has 1 aliphatic heterocycles. The maximum atomic E-state index is 12.7. The summed E-state index contributed by atoms with van der Waals surface area (Å²) in [6.45, 7) is 4.98. The SMILES string of the molecule is Cc1cccc(N(CC(=O)NCc2ccccc2CN2CCCC2=O)S(C)(=O)=O)c1C. The van der Waals surface area contributed by atoms with Gasteiger partial charge >= 0.3 is 0 Å². The van der Waals surface area contributed by atoms with E-state index in [4.69, 9.17) is 0 Å². The van der Waals surface area contributed by atoms with E-state index >= 15 is 0 Å². The average molecular weight is 444 g/mol. The molecule has 1 fully saturated rings. The van der Waals surface area contributed by atoms with Crippen LogP contribution in [0.4, 0.5) is 5.69 Å². The maximum Gasteiger partial charge on any atom is 0.241 e. The molecule has 2 aromatic rings. The number of carbonyl (C=O) groups excluding carboxylic acids is 2. The number of hydrogen-bond donors (Lipinski definition) is 1. The van der Waals surface area contributed by atoms with Crippen molar-refractivity contribution in [2.45, 2.75) is 39.8 Å². The average Bonchev–Trinajstić information content (AvgIpc) is 3.11. The lowest BCUT2D eigenvalue weighted by molar-refractivity contribution is -0.128. The molecule has 0 atom stereocenters. The number of likely N-dealkylation sites (tertiary alicyclic amines) is 1. The molecule has 166 valence electrons. The van der Waals surface area contributed by atoms with Crippen LogP contribution in [0.3, 0.4) is 0 Å². The lowest BCUT2D eigenvalue weighted by Crippen LogP contribution is -2.40. The molecule has 0 saturated carbocycles. The van der Waals surface area contributed by atoms with Crippen molar-refractivity contribution in [3.8, 4) is 0 Å². The van der Waals surface area contributed by atoms with Crippen LogP contribution in [0.2, 0.25) is 0 Å². The lowest BCUT2D eigenvalue weighted by Gasteiger charge is -2.24. The molecule has 2 amide bonds. The topological polar surface area (TPSA) is 86.8 Å². The molecule has 1 aliphatic rings.